The molecule has 0 bridgehead atoms. The highest BCUT2D eigenvalue weighted by Crippen LogP contribution is 2.26. The summed E-state index contributed by atoms with van der Waals surface area (Å²) in [4.78, 5) is 28.7. The van der Waals surface area contributed by atoms with Crippen LogP contribution >= 0.6 is 0 Å². The first-order chi connectivity index (χ1) is 19.0. The van der Waals surface area contributed by atoms with E-state index in [9.17, 15) is 18.0 Å². The van der Waals surface area contributed by atoms with Crippen molar-refractivity contribution in [3.63, 3.8) is 0 Å². The second kappa shape index (κ2) is 13.5. The number of amides is 2. The second-order valence-electron chi connectivity index (χ2n) is 10.0. The molecule has 0 unspecified atom stereocenters. The Kier molecular flexibility index (Phi) is 10.3. The van der Waals surface area contributed by atoms with Gasteiger partial charge in [-0.05, 0) is 81.6 Å². The van der Waals surface area contributed by atoms with Gasteiger partial charge in [0.05, 0.1) is 17.7 Å². The molecule has 3 aromatic rings. The first kappa shape index (κ1) is 30.7. The minimum atomic E-state index is -4.10. The highest BCUT2D eigenvalue weighted by atomic mass is 32.2. The number of sulfonamides is 1. The minimum Gasteiger partial charge on any atom is -0.497 e. The number of carbonyl (C=O) groups is 2. The van der Waals surface area contributed by atoms with Crippen LogP contribution in [0.3, 0.4) is 0 Å². The first-order valence-corrected chi connectivity index (χ1v) is 14.8. The van der Waals surface area contributed by atoms with Crippen LogP contribution in [0.15, 0.2) is 77.7 Å². The fourth-order valence-corrected chi connectivity index (χ4v) is 5.57. The van der Waals surface area contributed by atoms with Crippen molar-refractivity contribution in [3.8, 4) is 5.75 Å². The molecule has 214 valence electrons. The third-order valence-corrected chi connectivity index (χ3v) is 8.62. The molecular formula is C31H39N3O5S. The summed E-state index contributed by atoms with van der Waals surface area (Å²) >= 11 is 0. The van der Waals surface area contributed by atoms with Gasteiger partial charge < -0.3 is 15.0 Å². The number of nitrogens with one attached hydrogen (secondary N) is 1. The lowest BCUT2D eigenvalue weighted by Crippen LogP contribution is -2.52. The molecule has 0 fully saturated rings. The topological polar surface area (TPSA) is 96.0 Å². The van der Waals surface area contributed by atoms with Gasteiger partial charge in [-0.2, -0.15) is 0 Å². The standard InChI is InChI=1S/C31H39N3O5S/c1-7-24(4)32-31(36)25(5)33(20-26-11-9-13-28(19-26)39-6)30(35)21-34(27-12-8-10-23(3)18-27)40(37,38)29-16-14-22(2)15-17-29/h8-19,24-25H,7,20-21H2,1-6H3,(H,32,36)/t24-,25-/m1/s1. The predicted molar refractivity (Wildman–Crippen MR) is 158 cm³/mol. The highest BCUT2D eigenvalue weighted by Gasteiger charge is 2.32. The summed E-state index contributed by atoms with van der Waals surface area (Å²) in [7, 11) is -2.55. The van der Waals surface area contributed by atoms with Crippen LogP contribution in [-0.4, -0.2) is 50.9 Å². The van der Waals surface area contributed by atoms with Crippen molar-refractivity contribution in [1.29, 1.82) is 0 Å². The fraction of sp³-hybridized carbons (Fsp3) is 0.355. The van der Waals surface area contributed by atoms with Crippen LogP contribution in [0.5, 0.6) is 5.75 Å². The lowest BCUT2D eigenvalue weighted by molar-refractivity contribution is -0.139. The van der Waals surface area contributed by atoms with Gasteiger partial charge in [0.1, 0.15) is 18.3 Å². The van der Waals surface area contributed by atoms with Crippen LogP contribution < -0.4 is 14.4 Å². The molecule has 0 spiro atoms. The number of nitrogens with zero attached hydrogens (tertiary/aromatic N) is 2. The van der Waals surface area contributed by atoms with Crippen molar-refractivity contribution in [3.05, 3.63) is 89.5 Å². The smallest absolute Gasteiger partial charge is 0.264 e. The second-order valence-corrected chi connectivity index (χ2v) is 11.9. The number of hydrogen-bond donors (Lipinski definition) is 1. The van der Waals surface area contributed by atoms with Crippen molar-refractivity contribution in [2.45, 2.75) is 64.6 Å². The number of ether oxygens (including phenoxy) is 1. The summed E-state index contributed by atoms with van der Waals surface area (Å²) in [6, 6.07) is 19.8. The van der Waals surface area contributed by atoms with E-state index >= 15 is 0 Å². The molecule has 2 amide bonds. The number of aryl methyl sites for hydroxylation is 2. The first-order valence-electron chi connectivity index (χ1n) is 13.3. The van der Waals surface area contributed by atoms with Crippen LogP contribution in [0.1, 0.15) is 43.9 Å². The number of anilines is 1. The van der Waals surface area contributed by atoms with E-state index in [0.717, 1.165) is 27.4 Å². The van der Waals surface area contributed by atoms with Crippen molar-refractivity contribution >= 4 is 27.5 Å². The van der Waals surface area contributed by atoms with Crippen molar-refractivity contribution < 1.29 is 22.7 Å². The zero-order chi connectivity index (χ0) is 29.4. The monoisotopic (exact) mass is 565 g/mol. The van der Waals surface area contributed by atoms with E-state index in [2.05, 4.69) is 5.32 Å². The molecule has 0 aliphatic heterocycles. The maximum Gasteiger partial charge on any atom is 0.264 e. The van der Waals surface area contributed by atoms with Crippen LogP contribution in [-0.2, 0) is 26.2 Å². The third-order valence-electron chi connectivity index (χ3n) is 6.83. The van der Waals surface area contributed by atoms with E-state index in [4.69, 9.17) is 4.74 Å². The summed E-state index contributed by atoms with van der Waals surface area (Å²) in [6.07, 6.45) is 0.734. The molecule has 0 aliphatic carbocycles. The number of carbonyl (C=O) groups excluding carboxylic acids is 2. The molecule has 9 heteroatoms. The molecule has 8 nitrogen and oxygen atoms in total. The van der Waals surface area contributed by atoms with E-state index < -0.39 is 28.5 Å². The summed E-state index contributed by atoms with van der Waals surface area (Å²) in [6.45, 7) is 8.86. The number of methoxy groups -OCH3 is 1. The molecule has 3 aromatic carbocycles. The average Bonchev–Trinajstić information content (AvgIpc) is 2.94. The van der Waals surface area contributed by atoms with Gasteiger partial charge in [0, 0.05) is 12.6 Å². The van der Waals surface area contributed by atoms with Gasteiger partial charge in [-0.1, -0.05) is 48.9 Å². The van der Waals surface area contributed by atoms with Gasteiger partial charge in [-0.25, -0.2) is 8.42 Å². The van der Waals surface area contributed by atoms with Gasteiger partial charge >= 0.3 is 0 Å². The Morgan fingerprint density at radius 2 is 1.60 bits per heavy atom. The molecule has 1 N–H and O–H groups in total. The Morgan fingerprint density at radius 1 is 0.925 bits per heavy atom. The van der Waals surface area contributed by atoms with Crippen LogP contribution in [0.2, 0.25) is 0 Å². The Morgan fingerprint density at radius 3 is 2.23 bits per heavy atom. The summed E-state index contributed by atoms with van der Waals surface area (Å²) < 4.78 is 34.3. The molecule has 0 radical (unpaired) electrons. The molecule has 3 rings (SSSR count). The molecular weight excluding hydrogens is 526 g/mol. The van der Waals surface area contributed by atoms with E-state index in [0.29, 0.717) is 11.4 Å². The molecule has 0 heterocycles. The molecule has 0 aliphatic rings. The minimum absolute atomic E-state index is 0.0746. The summed E-state index contributed by atoms with van der Waals surface area (Å²) in [5.41, 5.74) is 2.89. The molecule has 0 aromatic heterocycles. The Bertz CT molecular complexity index is 1420. The quantitative estimate of drug-likeness (QED) is 0.339. The zero-order valence-corrected chi connectivity index (χ0v) is 24.9. The summed E-state index contributed by atoms with van der Waals surface area (Å²) in [5.74, 6) is -0.203. The van der Waals surface area contributed by atoms with Crippen LogP contribution in [0.4, 0.5) is 5.69 Å². The lowest BCUT2D eigenvalue weighted by atomic mass is 10.1. The summed E-state index contributed by atoms with van der Waals surface area (Å²) in [5, 5.41) is 2.94. The SMILES string of the molecule is CC[C@@H](C)NC(=O)[C@@H](C)N(Cc1cccc(OC)c1)C(=O)CN(c1cccc(C)c1)S(=O)(=O)c1ccc(C)cc1. The normalized spacial score (nSPS) is 12.8. The Hall–Kier alpha value is -3.85. The molecule has 40 heavy (non-hydrogen) atoms. The van der Waals surface area contributed by atoms with Gasteiger partial charge in [0.2, 0.25) is 11.8 Å². The van der Waals surface area contributed by atoms with Crippen molar-refractivity contribution in [1.82, 2.24) is 10.2 Å². The van der Waals surface area contributed by atoms with E-state index in [1.807, 2.05) is 45.9 Å². The van der Waals surface area contributed by atoms with E-state index in [-0.39, 0.29) is 23.4 Å². The highest BCUT2D eigenvalue weighted by molar-refractivity contribution is 7.92. The Labute approximate surface area is 238 Å². The van der Waals surface area contributed by atoms with E-state index in [1.54, 1.807) is 56.5 Å². The fourth-order valence-electron chi connectivity index (χ4n) is 4.16. The van der Waals surface area contributed by atoms with Gasteiger partial charge in [-0.3, -0.25) is 13.9 Å². The largest absolute Gasteiger partial charge is 0.497 e. The van der Waals surface area contributed by atoms with Gasteiger partial charge in [0.25, 0.3) is 10.0 Å². The van der Waals surface area contributed by atoms with Gasteiger partial charge in [-0.15, -0.1) is 0 Å². The average molecular weight is 566 g/mol. The Balaban J connectivity index is 2.03. The van der Waals surface area contributed by atoms with Gasteiger partial charge in [0.15, 0.2) is 0 Å². The number of hydrogen-bond acceptors (Lipinski definition) is 5. The third kappa shape index (κ3) is 7.63. The maximum atomic E-state index is 14.0. The van der Waals surface area contributed by atoms with Crippen molar-refractivity contribution in [2.75, 3.05) is 18.0 Å². The maximum absolute atomic E-state index is 14.0. The predicted octanol–water partition coefficient (Wildman–Crippen LogP) is 4.84. The molecule has 0 saturated carbocycles. The number of benzene rings is 3. The molecule has 0 saturated heterocycles. The van der Waals surface area contributed by atoms with Crippen LogP contribution in [0, 0.1) is 13.8 Å². The number of rotatable bonds is 12. The zero-order valence-electron chi connectivity index (χ0n) is 24.0. The van der Waals surface area contributed by atoms with Crippen molar-refractivity contribution in [2.24, 2.45) is 0 Å². The van der Waals surface area contributed by atoms with E-state index in [1.165, 1.54) is 17.0 Å². The van der Waals surface area contributed by atoms with Crippen LogP contribution in [0.25, 0.3) is 0 Å². The lowest BCUT2D eigenvalue weighted by Gasteiger charge is -2.32. The molecule has 2 atom stereocenters.